The first-order valence-corrected chi connectivity index (χ1v) is 7.76. The first-order chi connectivity index (χ1) is 8.25. The fourth-order valence-corrected chi connectivity index (χ4v) is 3.98. The minimum Gasteiger partial charge on any atom is -0.392 e. The highest BCUT2D eigenvalue weighted by Crippen LogP contribution is 2.57. The molecule has 0 aromatic heterocycles. The molecule has 0 saturated heterocycles. The Bertz CT molecular complexity index is 374. The lowest BCUT2D eigenvalue weighted by Crippen LogP contribution is -2.15. The number of aliphatic hydroxyl groups excluding tert-OH is 1. The monoisotopic (exact) mass is 342 g/mol. The Labute approximate surface area is 117 Å². The highest BCUT2D eigenvalue weighted by atomic mass is 127. The van der Waals surface area contributed by atoms with E-state index in [0.717, 1.165) is 18.3 Å². The third-order valence-electron chi connectivity index (χ3n) is 4.53. The molecule has 1 nitrogen and oxygen atoms in total. The van der Waals surface area contributed by atoms with Gasteiger partial charge in [0.25, 0.3) is 0 Å². The summed E-state index contributed by atoms with van der Waals surface area (Å²) < 4.78 is 1.26. The van der Waals surface area contributed by atoms with Crippen molar-refractivity contribution in [1.82, 2.24) is 0 Å². The summed E-state index contributed by atoms with van der Waals surface area (Å²) in [5, 5.41) is 10.3. The van der Waals surface area contributed by atoms with Gasteiger partial charge in [0.2, 0.25) is 0 Å². The standard InChI is InChI=1S/C15H19IO/c16-11-7-5-10(6-8-11)9-14(17)15-12-3-1-2-4-13(12)15/h5-8,12-15,17H,1-4,9H2. The molecule has 1 aromatic carbocycles. The van der Waals surface area contributed by atoms with Gasteiger partial charge in [-0.1, -0.05) is 25.0 Å². The van der Waals surface area contributed by atoms with Crippen LogP contribution in [-0.2, 0) is 6.42 Å². The lowest BCUT2D eigenvalue weighted by Gasteiger charge is -2.10. The van der Waals surface area contributed by atoms with Gasteiger partial charge >= 0.3 is 0 Å². The SMILES string of the molecule is OC(Cc1ccc(I)cc1)C1C2CCCCC21. The van der Waals surface area contributed by atoms with Gasteiger partial charge in [-0.2, -0.15) is 0 Å². The summed E-state index contributed by atoms with van der Waals surface area (Å²) in [6.07, 6.45) is 6.22. The normalized spacial score (nSPS) is 32.9. The number of hydrogen-bond donors (Lipinski definition) is 1. The van der Waals surface area contributed by atoms with Gasteiger partial charge in [0.05, 0.1) is 6.10 Å². The van der Waals surface area contributed by atoms with Crippen LogP contribution in [0, 0.1) is 21.3 Å². The molecule has 2 aliphatic carbocycles. The van der Waals surface area contributed by atoms with Crippen LogP contribution in [-0.4, -0.2) is 11.2 Å². The Kier molecular flexibility index (Phi) is 3.44. The van der Waals surface area contributed by atoms with Crippen LogP contribution in [0.4, 0.5) is 0 Å². The Morgan fingerprint density at radius 3 is 2.29 bits per heavy atom. The van der Waals surface area contributed by atoms with Gasteiger partial charge < -0.3 is 5.11 Å². The summed E-state index contributed by atoms with van der Waals surface area (Å²) in [4.78, 5) is 0. The van der Waals surface area contributed by atoms with Gasteiger partial charge in [0, 0.05) is 3.57 Å². The molecule has 92 valence electrons. The molecule has 1 N–H and O–H groups in total. The zero-order chi connectivity index (χ0) is 11.8. The zero-order valence-electron chi connectivity index (χ0n) is 9.98. The van der Waals surface area contributed by atoms with Crippen LogP contribution in [0.5, 0.6) is 0 Å². The topological polar surface area (TPSA) is 20.2 Å². The Balaban J connectivity index is 1.60. The molecule has 2 aliphatic rings. The molecule has 0 aliphatic heterocycles. The van der Waals surface area contributed by atoms with E-state index >= 15 is 0 Å². The summed E-state index contributed by atoms with van der Waals surface area (Å²) in [6, 6.07) is 8.55. The second-order valence-corrected chi connectivity index (χ2v) is 6.83. The average Bonchev–Trinajstić information content (AvgIpc) is 3.06. The molecular weight excluding hydrogens is 323 g/mol. The summed E-state index contributed by atoms with van der Waals surface area (Å²) in [7, 11) is 0. The Morgan fingerprint density at radius 2 is 1.71 bits per heavy atom. The number of hydrogen-bond acceptors (Lipinski definition) is 1. The largest absolute Gasteiger partial charge is 0.392 e. The molecule has 0 radical (unpaired) electrons. The number of aliphatic hydroxyl groups is 1. The van der Waals surface area contributed by atoms with Crippen molar-refractivity contribution in [3.05, 3.63) is 33.4 Å². The molecule has 2 fully saturated rings. The molecule has 3 atom stereocenters. The third-order valence-corrected chi connectivity index (χ3v) is 5.24. The summed E-state index contributed by atoms with van der Waals surface area (Å²) in [5.41, 5.74) is 1.28. The maximum absolute atomic E-state index is 10.3. The number of halogens is 1. The fourth-order valence-electron chi connectivity index (χ4n) is 3.62. The van der Waals surface area contributed by atoms with E-state index in [-0.39, 0.29) is 6.10 Å². The van der Waals surface area contributed by atoms with Crippen LogP contribution < -0.4 is 0 Å². The third kappa shape index (κ3) is 2.53. The highest BCUT2D eigenvalue weighted by Gasteiger charge is 2.53. The fraction of sp³-hybridized carbons (Fsp3) is 0.600. The van der Waals surface area contributed by atoms with Gasteiger partial charge in [0.15, 0.2) is 0 Å². The van der Waals surface area contributed by atoms with Crippen LogP contribution in [0.3, 0.4) is 0 Å². The van der Waals surface area contributed by atoms with Gasteiger partial charge in [-0.15, -0.1) is 0 Å². The van der Waals surface area contributed by atoms with Crippen molar-refractivity contribution >= 4 is 22.6 Å². The molecule has 0 amide bonds. The molecule has 17 heavy (non-hydrogen) atoms. The summed E-state index contributed by atoms with van der Waals surface area (Å²) >= 11 is 2.32. The second-order valence-electron chi connectivity index (χ2n) is 5.59. The minimum absolute atomic E-state index is 0.108. The molecule has 3 rings (SSSR count). The molecule has 3 unspecified atom stereocenters. The summed E-state index contributed by atoms with van der Waals surface area (Å²) in [5.74, 6) is 2.31. The van der Waals surface area contributed by atoms with Gasteiger partial charge in [-0.05, 0) is 77.3 Å². The Morgan fingerprint density at radius 1 is 1.12 bits per heavy atom. The van der Waals surface area contributed by atoms with Crippen molar-refractivity contribution in [2.45, 2.75) is 38.2 Å². The van der Waals surface area contributed by atoms with Crippen LogP contribution in [0.25, 0.3) is 0 Å². The minimum atomic E-state index is -0.108. The number of rotatable bonds is 3. The van der Waals surface area contributed by atoms with E-state index in [1.54, 1.807) is 0 Å². The van der Waals surface area contributed by atoms with Crippen LogP contribution in [0.1, 0.15) is 31.2 Å². The first-order valence-electron chi connectivity index (χ1n) is 6.68. The lowest BCUT2D eigenvalue weighted by atomic mass is 10.0. The summed E-state index contributed by atoms with van der Waals surface area (Å²) in [6.45, 7) is 0. The van der Waals surface area contributed by atoms with Crippen molar-refractivity contribution in [3.8, 4) is 0 Å². The van der Waals surface area contributed by atoms with Crippen LogP contribution >= 0.6 is 22.6 Å². The molecule has 2 saturated carbocycles. The predicted molar refractivity (Wildman–Crippen MR) is 77.8 cm³/mol. The molecule has 0 bridgehead atoms. The van der Waals surface area contributed by atoms with E-state index < -0.39 is 0 Å². The van der Waals surface area contributed by atoms with Gasteiger partial charge in [-0.3, -0.25) is 0 Å². The van der Waals surface area contributed by atoms with Gasteiger partial charge in [0.1, 0.15) is 0 Å². The predicted octanol–water partition coefficient (Wildman–Crippen LogP) is 3.63. The molecule has 0 heterocycles. The highest BCUT2D eigenvalue weighted by molar-refractivity contribution is 14.1. The number of fused-ring (bicyclic) bond motifs is 1. The second kappa shape index (κ2) is 4.88. The first kappa shape index (κ1) is 12.0. The van der Waals surface area contributed by atoms with E-state index in [4.69, 9.17) is 0 Å². The number of benzene rings is 1. The van der Waals surface area contributed by atoms with Crippen molar-refractivity contribution in [2.75, 3.05) is 0 Å². The van der Waals surface area contributed by atoms with Crippen molar-refractivity contribution < 1.29 is 5.11 Å². The van der Waals surface area contributed by atoms with E-state index in [0.29, 0.717) is 5.92 Å². The molecule has 2 heteroatoms. The van der Waals surface area contributed by atoms with E-state index in [2.05, 4.69) is 46.9 Å². The van der Waals surface area contributed by atoms with Crippen LogP contribution in [0.2, 0.25) is 0 Å². The maximum atomic E-state index is 10.3. The lowest BCUT2D eigenvalue weighted by molar-refractivity contribution is 0.140. The van der Waals surface area contributed by atoms with E-state index in [1.165, 1.54) is 34.8 Å². The van der Waals surface area contributed by atoms with Crippen LogP contribution in [0.15, 0.2) is 24.3 Å². The van der Waals surface area contributed by atoms with Crippen molar-refractivity contribution in [1.29, 1.82) is 0 Å². The quantitative estimate of drug-likeness (QED) is 0.832. The smallest absolute Gasteiger partial charge is 0.0614 e. The molecule has 1 aromatic rings. The Hall–Kier alpha value is -0.0900. The maximum Gasteiger partial charge on any atom is 0.0614 e. The van der Waals surface area contributed by atoms with Crippen molar-refractivity contribution in [3.63, 3.8) is 0 Å². The average molecular weight is 342 g/mol. The van der Waals surface area contributed by atoms with E-state index in [1.807, 2.05) is 0 Å². The van der Waals surface area contributed by atoms with Gasteiger partial charge in [-0.25, -0.2) is 0 Å². The molecule has 0 spiro atoms. The van der Waals surface area contributed by atoms with E-state index in [9.17, 15) is 5.11 Å². The molecular formula is C15H19IO. The van der Waals surface area contributed by atoms with Crippen molar-refractivity contribution in [2.24, 2.45) is 17.8 Å². The zero-order valence-corrected chi connectivity index (χ0v) is 12.1.